The summed E-state index contributed by atoms with van der Waals surface area (Å²) in [7, 11) is 0. The average Bonchev–Trinajstić information content (AvgIpc) is 2.35. The van der Waals surface area contributed by atoms with E-state index in [9.17, 15) is 0 Å². The maximum atomic E-state index is 5.42. The fourth-order valence-electron chi connectivity index (χ4n) is 1.72. The first-order valence-electron chi connectivity index (χ1n) is 7.34. The maximum absolute atomic E-state index is 5.42. The van der Waals surface area contributed by atoms with Crippen molar-refractivity contribution in [2.45, 2.75) is 53.0 Å². The second kappa shape index (κ2) is 7.43. The van der Waals surface area contributed by atoms with Gasteiger partial charge in [0.2, 0.25) is 0 Å². The van der Waals surface area contributed by atoms with Crippen LogP contribution in [-0.2, 0) is 10.2 Å². The molecular weight excluding hydrogens is 252 g/mol. The van der Waals surface area contributed by atoms with Crippen molar-refractivity contribution in [2.75, 3.05) is 30.4 Å². The summed E-state index contributed by atoms with van der Waals surface area (Å²) in [5.74, 6) is 2.54. The second-order valence-electron chi connectivity index (χ2n) is 5.95. The topological polar surface area (TPSA) is 59.1 Å². The maximum Gasteiger partial charge on any atom is 0.138 e. The summed E-state index contributed by atoms with van der Waals surface area (Å²) < 4.78 is 5.42. The zero-order chi connectivity index (χ0) is 15.2. The van der Waals surface area contributed by atoms with Crippen molar-refractivity contribution in [2.24, 2.45) is 0 Å². The molecule has 114 valence electrons. The van der Waals surface area contributed by atoms with E-state index in [1.165, 1.54) is 0 Å². The molecule has 1 atom stereocenters. The van der Waals surface area contributed by atoms with Crippen LogP contribution in [0.25, 0.3) is 0 Å². The van der Waals surface area contributed by atoms with E-state index in [4.69, 9.17) is 4.74 Å². The van der Waals surface area contributed by atoms with Gasteiger partial charge in [-0.25, -0.2) is 9.97 Å². The standard InChI is InChI=1S/C15H28N4O/c1-7-16-12-9-13(17-11(3)10-20-8-2)19-14(18-12)15(4,5)6/h9,11H,7-8,10H2,1-6H3,(H2,16,17,18,19). The van der Waals surface area contributed by atoms with Crippen LogP contribution >= 0.6 is 0 Å². The van der Waals surface area contributed by atoms with Gasteiger partial charge >= 0.3 is 0 Å². The lowest BCUT2D eigenvalue weighted by Gasteiger charge is -2.21. The molecule has 0 spiro atoms. The van der Waals surface area contributed by atoms with Gasteiger partial charge in [-0.15, -0.1) is 0 Å². The van der Waals surface area contributed by atoms with Crippen LogP contribution in [0, 0.1) is 0 Å². The van der Waals surface area contributed by atoms with Gasteiger partial charge < -0.3 is 15.4 Å². The summed E-state index contributed by atoms with van der Waals surface area (Å²) in [4.78, 5) is 9.19. The summed E-state index contributed by atoms with van der Waals surface area (Å²) in [6.07, 6.45) is 0. The van der Waals surface area contributed by atoms with E-state index < -0.39 is 0 Å². The van der Waals surface area contributed by atoms with Crippen molar-refractivity contribution in [3.8, 4) is 0 Å². The molecule has 0 aromatic carbocycles. The summed E-state index contributed by atoms with van der Waals surface area (Å²) in [5.41, 5.74) is -0.0784. The number of anilines is 2. The summed E-state index contributed by atoms with van der Waals surface area (Å²) in [6, 6.07) is 2.16. The number of hydrogen-bond donors (Lipinski definition) is 2. The Morgan fingerprint density at radius 1 is 1.20 bits per heavy atom. The number of hydrogen-bond acceptors (Lipinski definition) is 5. The van der Waals surface area contributed by atoms with E-state index >= 15 is 0 Å². The molecule has 0 bridgehead atoms. The minimum Gasteiger partial charge on any atom is -0.380 e. The predicted molar refractivity (Wildman–Crippen MR) is 84.5 cm³/mol. The van der Waals surface area contributed by atoms with Crippen LogP contribution in [0.2, 0.25) is 0 Å². The Bertz CT molecular complexity index is 415. The first-order valence-corrected chi connectivity index (χ1v) is 7.34. The lowest BCUT2D eigenvalue weighted by Crippen LogP contribution is -2.24. The number of ether oxygens (including phenoxy) is 1. The Morgan fingerprint density at radius 3 is 2.40 bits per heavy atom. The summed E-state index contributed by atoms with van der Waals surface area (Å²) in [5, 5.41) is 6.63. The largest absolute Gasteiger partial charge is 0.380 e. The van der Waals surface area contributed by atoms with Crippen LogP contribution in [0.15, 0.2) is 6.07 Å². The van der Waals surface area contributed by atoms with E-state index in [1.807, 2.05) is 13.0 Å². The molecule has 0 fully saturated rings. The Morgan fingerprint density at radius 2 is 1.85 bits per heavy atom. The molecule has 1 heterocycles. The third kappa shape index (κ3) is 5.33. The molecule has 5 nitrogen and oxygen atoms in total. The summed E-state index contributed by atoms with van der Waals surface area (Å²) in [6.45, 7) is 14.7. The van der Waals surface area contributed by atoms with E-state index in [0.29, 0.717) is 6.61 Å². The van der Waals surface area contributed by atoms with Crippen molar-refractivity contribution >= 4 is 11.6 Å². The van der Waals surface area contributed by atoms with Crippen molar-refractivity contribution in [3.63, 3.8) is 0 Å². The molecule has 1 aromatic rings. The van der Waals surface area contributed by atoms with Gasteiger partial charge in [0.15, 0.2) is 0 Å². The molecule has 0 aliphatic carbocycles. The van der Waals surface area contributed by atoms with Gasteiger partial charge in [-0.05, 0) is 20.8 Å². The highest BCUT2D eigenvalue weighted by Gasteiger charge is 2.19. The zero-order valence-electron chi connectivity index (χ0n) is 13.6. The second-order valence-corrected chi connectivity index (χ2v) is 5.95. The first-order chi connectivity index (χ1) is 9.36. The molecule has 5 heteroatoms. The van der Waals surface area contributed by atoms with Crippen LogP contribution in [0.5, 0.6) is 0 Å². The Hall–Kier alpha value is -1.36. The Labute approximate surface area is 122 Å². The van der Waals surface area contributed by atoms with Crippen molar-refractivity contribution < 1.29 is 4.74 Å². The average molecular weight is 280 g/mol. The van der Waals surface area contributed by atoms with Crippen LogP contribution in [0.3, 0.4) is 0 Å². The highest BCUT2D eigenvalue weighted by atomic mass is 16.5. The molecule has 0 radical (unpaired) electrons. The van der Waals surface area contributed by atoms with E-state index in [0.717, 1.165) is 30.6 Å². The molecule has 1 unspecified atom stereocenters. The fourth-order valence-corrected chi connectivity index (χ4v) is 1.72. The number of nitrogens with zero attached hydrogens (tertiary/aromatic N) is 2. The van der Waals surface area contributed by atoms with Crippen molar-refractivity contribution in [1.82, 2.24) is 9.97 Å². The zero-order valence-corrected chi connectivity index (χ0v) is 13.6. The number of aromatic nitrogens is 2. The quantitative estimate of drug-likeness (QED) is 0.804. The van der Waals surface area contributed by atoms with E-state index in [1.54, 1.807) is 0 Å². The molecule has 0 aliphatic heterocycles. The van der Waals surface area contributed by atoms with Gasteiger partial charge in [0, 0.05) is 30.7 Å². The molecule has 20 heavy (non-hydrogen) atoms. The molecular formula is C15H28N4O. The van der Waals surface area contributed by atoms with Gasteiger partial charge in [-0.3, -0.25) is 0 Å². The lowest BCUT2D eigenvalue weighted by molar-refractivity contribution is 0.141. The van der Waals surface area contributed by atoms with Crippen molar-refractivity contribution in [1.29, 1.82) is 0 Å². The van der Waals surface area contributed by atoms with Crippen LogP contribution in [-0.4, -0.2) is 35.8 Å². The lowest BCUT2D eigenvalue weighted by atomic mass is 9.96. The normalized spacial score (nSPS) is 13.1. The van der Waals surface area contributed by atoms with Gasteiger partial charge in [0.25, 0.3) is 0 Å². The molecule has 1 aromatic heterocycles. The molecule has 0 amide bonds. The first kappa shape index (κ1) is 16.7. The minimum atomic E-state index is -0.0784. The number of nitrogens with one attached hydrogen (secondary N) is 2. The highest BCUT2D eigenvalue weighted by Crippen LogP contribution is 2.22. The Kier molecular flexibility index (Phi) is 6.20. The SMILES string of the molecule is CCNc1cc(NC(C)COCC)nc(C(C)(C)C)n1. The van der Waals surface area contributed by atoms with Gasteiger partial charge in [-0.2, -0.15) is 0 Å². The third-order valence-corrected chi connectivity index (χ3v) is 2.72. The van der Waals surface area contributed by atoms with Gasteiger partial charge in [0.05, 0.1) is 6.61 Å². The van der Waals surface area contributed by atoms with E-state index in [-0.39, 0.29) is 11.5 Å². The summed E-state index contributed by atoms with van der Waals surface area (Å²) >= 11 is 0. The Balaban J connectivity index is 2.91. The van der Waals surface area contributed by atoms with Crippen LogP contribution in [0.1, 0.15) is 47.4 Å². The smallest absolute Gasteiger partial charge is 0.138 e. The highest BCUT2D eigenvalue weighted by molar-refractivity contribution is 5.48. The van der Waals surface area contributed by atoms with Crippen LogP contribution < -0.4 is 10.6 Å². The monoisotopic (exact) mass is 280 g/mol. The molecule has 0 saturated heterocycles. The van der Waals surface area contributed by atoms with Gasteiger partial charge in [-0.1, -0.05) is 20.8 Å². The molecule has 1 rings (SSSR count). The molecule has 2 N–H and O–H groups in total. The molecule has 0 aliphatic rings. The van der Waals surface area contributed by atoms with E-state index in [2.05, 4.69) is 55.2 Å². The van der Waals surface area contributed by atoms with Crippen LogP contribution in [0.4, 0.5) is 11.6 Å². The van der Waals surface area contributed by atoms with Gasteiger partial charge in [0.1, 0.15) is 17.5 Å². The minimum absolute atomic E-state index is 0.0784. The number of rotatable bonds is 7. The molecule has 0 saturated carbocycles. The fraction of sp³-hybridized carbons (Fsp3) is 0.733. The van der Waals surface area contributed by atoms with Crippen molar-refractivity contribution in [3.05, 3.63) is 11.9 Å². The predicted octanol–water partition coefficient (Wildman–Crippen LogP) is 3.04. The third-order valence-electron chi connectivity index (χ3n) is 2.72.